The lowest BCUT2D eigenvalue weighted by Gasteiger charge is -2.69. The number of benzene rings is 1. The van der Waals surface area contributed by atoms with Crippen molar-refractivity contribution in [1.29, 1.82) is 0 Å². The summed E-state index contributed by atoms with van der Waals surface area (Å²) in [6.07, 6.45) is 11.5. The van der Waals surface area contributed by atoms with Crippen LogP contribution in [0.1, 0.15) is 92.5 Å². The van der Waals surface area contributed by atoms with Crippen molar-refractivity contribution in [2.45, 2.75) is 97.6 Å². The second kappa shape index (κ2) is 16.5. The van der Waals surface area contributed by atoms with E-state index >= 15 is 0 Å². The molecule has 320 valence electrons. The van der Waals surface area contributed by atoms with Gasteiger partial charge in [0.25, 0.3) is 0 Å². The Morgan fingerprint density at radius 1 is 0.967 bits per heavy atom. The lowest BCUT2D eigenvalue weighted by atomic mass is 9.39. The number of ether oxygens (including phenoxy) is 2. The Balaban J connectivity index is 0.00000499. The van der Waals surface area contributed by atoms with E-state index in [1.807, 2.05) is 41.4 Å². The summed E-state index contributed by atoms with van der Waals surface area (Å²) in [7, 11) is 4.02. The second-order valence-corrected chi connectivity index (χ2v) is 20.1. The molecule has 4 fully saturated rings. The largest absolute Gasteiger partial charge is 1.00 e. The molecule has 0 radical (unpaired) electrons. The van der Waals surface area contributed by atoms with Crippen molar-refractivity contribution >= 4 is 50.1 Å². The van der Waals surface area contributed by atoms with Crippen LogP contribution in [0.4, 0.5) is 22.6 Å². The summed E-state index contributed by atoms with van der Waals surface area (Å²) in [4.78, 5) is 26.0. The van der Waals surface area contributed by atoms with Gasteiger partial charge in [-0.25, -0.2) is 14.8 Å². The van der Waals surface area contributed by atoms with Crippen molar-refractivity contribution < 1.29 is 48.3 Å². The van der Waals surface area contributed by atoms with E-state index in [1.54, 1.807) is 18.4 Å². The number of aromatic nitrogens is 6. The smallest absolute Gasteiger partial charge is 0.355 e. The highest BCUT2D eigenvalue weighted by atomic mass is 127. The highest BCUT2D eigenvalue weighted by Gasteiger charge is 2.66. The van der Waals surface area contributed by atoms with Crippen molar-refractivity contribution in [3.8, 4) is 11.1 Å². The summed E-state index contributed by atoms with van der Waals surface area (Å²) in [5, 5.41) is 29.0. The molecule has 5 atom stereocenters. The van der Waals surface area contributed by atoms with Crippen molar-refractivity contribution in [1.82, 2.24) is 29.9 Å². The fourth-order valence-electron chi connectivity index (χ4n) is 12.4. The summed E-state index contributed by atoms with van der Waals surface area (Å²) in [6.45, 7) is 14.2. The second-order valence-electron chi connectivity index (χ2n) is 19.0. The topological polar surface area (TPSA) is 145 Å². The van der Waals surface area contributed by atoms with Gasteiger partial charge < -0.3 is 53.7 Å². The molecule has 0 saturated heterocycles. The van der Waals surface area contributed by atoms with Crippen LogP contribution in [0, 0.1) is 30.1 Å². The number of carboxylic acids is 1. The SMILES string of the molecule is COCCC[NH+](C)CCOC12CC3(Cn4ncc(-c5ccc(N6CCCc7c6nnc(Nc6nc8ccccc8s6)c7C)nc5C(=O)O)c4C)C[C@@](C)(C1)C[C@](C)(C3)C2.[I-]. The molecule has 0 spiro atoms. The molecule has 0 amide bonds. The van der Waals surface area contributed by atoms with Crippen LogP contribution in [0.2, 0.25) is 0 Å². The van der Waals surface area contributed by atoms with E-state index < -0.39 is 5.97 Å². The fourth-order valence-corrected chi connectivity index (χ4v) is 13.2. The Bertz CT molecular complexity index is 2350. The van der Waals surface area contributed by atoms with Gasteiger partial charge in [-0.1, -0.05) is 37.3 Å². The molecule has 15 heteroatoms. The average Bonchev–Trinajstić information content (AvgIpc) is 3.75. The molecule has 4 aliphatic carbocycles. The van der Waals surface area contributed by atoms with Crippen molar-refractivity contribution in [3.05, 3.63) is 65.1 Å². The Hall–Kier alpha value is -3.77. The number of thiazole rings is 1. The molecule has 1 aromatic carbocycles. The molecule has 4 bridgehead atoms. The number of nitrogens with zero attached hydrogens (tertiary/aromatic N) is 7. The van der Waals surface area contributed by atoms with Gasteiger partial charge in [-0.3, -0.25) is 4.68 Å². The third-order valence-corrected chi connectivity index (χ3v) is 14.6. The zero-order chi connectivity index (χ0) is 41.2. The predicted molar refractivity (Wildman–Crippen MR) is 230 cm³/mol. The highest BCUT2D eigenvalue weighted by Crippen LogP contribution is 2.72. The number of fused-ring (bicyclic) bond motifs is 2. The van der Waals surface area contributed by atoms with E-state index in [4.69, 9.17) is 24.5 Å². The minimum absolute atomic E-state index is 0. The first-order valence-corrected chi connectivity index (χ1v) is 22.1. The number of likely N-dealkylation sites (N-methyl/N-ethyl adjacent to an activating group) is 1. The number of hydrogen-bond donors (Lipinski definition) is 3. The zero-order valence-corrected chi connectivity index (χ0v) is 38.7. The van der Waals surface area contributed by atoms with E-state index in [0.29, 0.717) is 29.6 Å². The van der Waals surface area contributed by atoms with Gasteiger partial charge in [-0.05, 0) is 106 Å². The number of nitrogens with one attached hydrogen (secondary N) is 2. The quantitative estimate of drug-likeness (QED) is 0.103. The number of quaternary nitrogens is 1. The maximum absolute atomic E-state index is 13.0. The van der Waals surface area contributed by atoms with E-state index in [0.717, 1.165) is 122 Å². The van der Waals surface area contributed by atoms with Gasteiger partial charge in [0.1, 0.15) is 12.4 Å². The van der Waals surface area contributed by atoms with Gasteiger partial charge in [0, 0.05) is 54.6 Å². The molecular formula is C45H58IN9O4S. The molecule has 4 saturated carbocycles. The summed E-state index contributed by atoms with van der Waals surface area (Å²) in [6, 6.07) is 11.9. The van der Waals surface area contributed by atoms with Gasteiger partial charge in [0.2, 0.25) is 0 Å². The summed E-state index contributed by atoms with van der Waals surface area (Å²) in [5.41, 5.74) is 5.75. The normalized spacial score (nSPS) is 25.9. The first-order chi connectivity index (χ1) is 28.3. The fraction of sp³-hybridized carbons (Fsp3) is 0.556. The van der Waals surface area contributed by atoms with E-state index in [-0.39, 0.29) is 51.5 Å². The molecule has 1 aliphatic heterocycles. The van der Waals surface area contributed by atoms with E-state index in [2.05, 4.69) is 61.0 Å². The zero-order valence-electron chi connectivity index (χ0n) is 35.7. The monoisotopic (exact) mass is 947 g/mol. The standard InChI is InChI=1S/C45H57N9O4S.HI/c1-29-31-11-9-17-53(39(31)51-50-38(29)49-41-47-34-12-7-8-13-35(34)59-41)36-15-14-32(37(48-36)40(55)56)33-21-46-54(30(33)2)28-44-23-42(3)22-43(4,24-44)26-45(25-42,27-44)58-20-18-52(5)16-10-19-57-6;/h7-8,12-15,21H,9-11,16-20,22-28H2,1-6H3,(H,55,56)(H,47,49,50);1H/t42-,43+,44?,45?;. The Morgan fingerprint density at radius 2 is 1.75 bits per heavy atom. The number of hydrogen-bond acceptors (Lipinski definition) is 11. The average molecular weight is 948 g/mol. The van der Waals surface area contributed by atoms with Crippen molar-refractivity contribution in [2.75, 3.05) is 57.2 Å². The number of pyridine rings is 1. The molecule has 3 N–H and O–H groups in total. The van der Waals surface area contributed by atoms with E-state index in [1.165, 1.54) is 11.3 Å². The van der Waals surface area contributed by atoms with Crippen LogP contribution < -0.4 is 39.1 Å². The van der Waals surface area contributed by atoms with Crippen LogP contribution in [-0.2, 0) is 22.4 Å². The summed E-state index contributed by atoms with van der Waals surface area (Å²) < 4.78 is 15.5. The van der Waals surface area contributed by atoms with Crippen LogP contribution >= 0.6 is 11.3 Å². The third kappa shape index (κ3) is 8.16. The van der Waals surface area contributed by atoms with Crippen molar-refractivity contribution in [2.24, 2.45) is 16.2 Å². The number of carboxylic acid groups (broad SMARTS) is 1. The molecular weight excluding hydrogens is 890 g/mol. The summed E-state index contributed by atoms with van der Waals surface area (Å²) >= 11 is 1.58. The van der Waals surface area contributed by atoms with Crippen LogP contribution in [-0.4, -0.2) is 93.6 Å². The number of rotatable bonds is 15. The van der Waals surface area contributed by atoms with Crippen LogP contribution in [0.15, 0.2) is 42.6 Å². The Labute approximate surface area is 373 Å². The third-order valence-electron chi connectivity index (χ3n) is 13.7. The maximum atomic E-state index is 13.0. The van der Waals surface area contributed by atoms with Gasteiger partial charge in [-0.2, -0.15) is 5.10 Å². The number of carbonyl (C=O) groups is 1. The molecule has 4 aromatic heterocycles. The minimum atomic E-state index is -1.07. The maximum Gasteiger partial charge on any atom is 0.355 e. The number of methoxy groups -OCH3 is 1. The number of para-hydroxylation sites is 1. The lowest BCUT2D eigenvalue weighted by Crippen LogP contribution is -3.09. The molecule has 5 aliphatic rings. The molecule has 10 rings (SSSR count). The number of anilines is 4. The van der Waals surface area contributed by atoms with Gasteiger partial charge >= 0.3 is 5.97 Å². The lowest BCUT2D eigenvalue weighted by molar-refractivity contribution is -0.880. The van der Waals surface area contributed by atoms with Gasteiger partial charge in [0.05, 0.1) is 48.8 Å². The highest BCUT2D eigenvalue weighted by molar-refractivity contribution is 7.22. The van der Waals surface area contributed by atoms with Crippen LogP contribution in [0.3, 0.4) is 0 Å². The number of aromatic carboxylic acids is 1. The Morgan fingerprint density at radius 3 is 2.50 bits per heavy atom. The molecule has 5 heterocycles. The minimum Gasteiger partial charge on any atom is -1.00 e. The van der Waals surface area contributed by atoms with Gasteiger partial charge in [0.15, 0.2) is 22.5 Å². The first kappa shape index (κ1) is 42.9. The predicted octanol–water partition coefficient (Wildman–Crippen LogP) is 4.18. The first-order valence-electron chi connectivity index (χ1n) is 21.3. The van der Waals surface area contributed by atoms with Gasteiger partial charge in [-0.15, -0.1) is 10.2 Å². The molecule has 60 heavy (non-hydrogen) atoms. The Kier molecular flexibility index (Phi) is 11.8. The summed E-state index contributed by atoms with van der Waals surface area (Å²) in [5.74, 6) is 0.848. The molecule has 3 unspecified atom stereocenters. The number of halogens is 1. The molecule has 5 aromatic rings. The van der Waals surface area contributed by atoms with Crippen molar-refractivity contribution in [3.63, 3.8) is 0 Å². The van der Waals surface area contributed by atoms with Crippen LogP contribution in [0.25, 0.3) is 21.3 Å². The molecule has 13 nitrogen and oxygen atoms in total. The van der Waals surface area contributed by atoms with Crippen LogP contribution in [0.5, 0.6) is 0 Å². The van der Waals surface area contributed by atoms with E-state index in [9.17, 15) is 9.90 Å².